The molecule has 6 nitrogen and oxygen atoms in total. The number of nitrogens with one attached hydrogen (secondary N) is 2. The number of benzene rings is 2. The largest absolute Gasteiger partial charge is 0.444 e. The SMILES string of the molecule is CC.O=C(NCc1ccc(C(=O)NO)cc1)OCc1c(F)c(F)c(F)c(F)c1F. The van der Waals surface area contributed by atoms with E-state index in [2.05, 4.69) is 10.1 Å². The lowest BCUT2D eigenvalue weighted by atomic mass is 10.1. The zero-order valence-corrected chi connectivity index (χ0v) is 15.3. The molecule has 2 aromatic rings. The molecular formula is C18H17F5N2O4. The summed E-state index contributed by atoms with van der Waals surface area (Å²) in [6, 6.07) is 5.58. The molecule has 11 heteroatoms. The van der Waals surface area contributed by atoms with Crippen LogP contribution in [0.3, 0.4) is 0 Å². The highest BCUT2D eigenvalue weighted by atomic mass is 19.2. The van der Waals surface area contributed by atoms with Crippen LogP contribution in [0, 0.1) is 29.1 Å². The first-order valence-corrected chi connectivity index (χ1v) is 8.20. The van der Waals surface area contributed by atoms with Gasteiger partial charge in [0, 0.05) is 12.1 Å². The maximum atomic E-state index is 13.5. The molecule has 0 aromatic heterocycles. The van der Waals surface area contributed by atoms with Gasteiger partial charge < -0.3 is 10.1 Å². The monoisotopic (exact) mass is 420 g/mol. The van der Waals surface area contributed by atoms with Gasteiger partial charge in [0.2, 0.25) is 5.82 Å². The summed E-state index contributed by atoms with van der Waals surface area (Å²) in [5.41, 5.74) is 0.806. The average Bonchev–Trinajstić information content (AvgIpc) is 2.76. The molecule has 0 saturated heterocycles. The fourth-order valence-electron chi connectivity index (χ4n) is 1.98. The number of rotatable bonds is 5. The van der Waals surface area contributed by atoms with Crippen LogP contribution in [0.2, 0.25) is 0 Å². The van der Waals surface area contributed by atoms with Gasteiger partial charge in [0.1, 0.15) is 6.61 Å². The number of hydrogen-bond donors (Lipinski definition) is 3. The van der Waals surface area contributed by atoms with Crippen molar-refractivity contribution in [2.75, 3.05) is 0 Å². The van der Waals surface area contributed by atoms with E-state index in [9.17, 15) is 31.5 Å². The minimum atomic E-state index is -2.31. The molecule has 2 rings (SSSR count). The topological polar surface area (TPSA) is 87.7 Å². The first kappa shape index (κ1) is 23.8. The molecule has 2 aromatic carbocycles. The molecule has 0 aliphatic carbocycles. The number of halogens is 5. The molecule has 0 heterocycles. The number of hydrogen-bond acceptors (Lipinski definition) is 4. The van der Waals surface area contributed by atoms with Crippen molar-refractivity contribution in [3.8, 4) is 0 Å². The van der Waals surface area contributed by atoms with Crippen molar-refractivity contribution in [1.82, 2.24) is 10.8 Å². The molecule has 0 unspecified atom stereocenters. The van der Waals surface area contributed by atoms with Gasteiger partial charge in [-0.25, -0.2) is 32.2 Å². The van der Waals surface area contributed by atoms with Gasteiger partial charge in [0.05, 0.1) is 5.56 Å². The summed E-state index contributed by atoms with van der Waals surface area (Å²) < 4.78 is 70.4. The second-order valence-electron chi connectivity index (χ2n) is 5.12. The van der Waals surface area contributed by atoms with Crippen LogP contribution in [0.5, 0.6) is 0 Å². The minimum absolute atomic E-state index is 0.114. The molecule has 0 radical (unpaired) electrons. The molecule has 3 N–H and O–H groups in total. The number of alkyl carbamates (subject to hydrolysis) is 1. The van der Waals surface area contributed by atoms with Crippen LogP contribution in [0.1, 0.15) is 35.3 Å². The molecular weight excluding hydrogens is 403 g/mol. The van der Waals surface area contributed by atoms with Gasteiger partial charge in [0.15, 0.2) is 23.3 Å². The van der Waals surface area contributed by atoms with E-state index in [1.165, 1.54) is 29.7 Å². The van der Waals surface area contributed by atoms with Gasteiger partial charge in [-0.3, -0.25) is 10.0 Å². The zero-order chi connectivity index (χ0) is 22.1. The van der Waals surface area contributed by atoms with E-state index in [-0.39, 0.29) is 12.1 Å². The lowest BCUT2D eigenvalue weighted by Gasteiger charge is -2.10. The van der Waals surface area contributed by atoms with Crippen LogP contribution < -0.4 is 10.8 Å². The first-order chi connectivity index (χ1) is 13.8. The summed E-state index contributed by atoms with van der Waals surface area (Å²) >= 11 is 0. The zero-order valence-electron chi connectivity index (χ0n) is 15.3. The van der Waals surface area contributed by atoms with Crippen LogP contribution in [0.25, 0.3) is 0 Å². The highest BCUT2D eigenvalue weighted by Gasteiger charge is 2.26. The van der Waals surface area contributed by atoms with Crippen molar-refractivity contribution in [1.29, 1.82) is 0 Å². The molecule has 158 valence electrons. The van der Waals surface area contributed by atoms with Gasteiger partial charge in [-0.15, -0.1) is 0 Å². The highest BCUT2D eigenvalue weighted by Crippen LogP contribution is 2.23. The smallest absolute Gasteiger partial charge is 0.407 e. The summed E-state index contributed by atoms with van der Waals surface area (Å²) in [6.45, 7) is 2.71. The summed E-state index contributed by atoms with van der Waals surface area (Å²) in [4.78, 5) is 22.7. The van der Waals surface area contributed by atoms with Crippen molar-refractivity contribution >= 4 is 12.0 Å². The van der Waals surface area contributed by atoms with Crippen molar-refractivity contribution in [3.63, 3.8) is 0 Å². The third kappa shape index (κ3) is 5.88. The van der Waals surface area contributed by atoms with Crippen LogP contribution in [0.15, 0.2) is 24.3 Å². The lowest BCUT2D eigenvalue weighted by molar-refractivity contribution is 0.0706. The van der Waals surface area contributed by atoms with Crippen molar-refractivity contribution in [3.05, 3.63) is 70.0 Å². The predicted octanol–water partition coefficient (Wildman–Crippen LogP) is 3.95. The summed E-state index contributed by atoms with van der Waals surface area (Å²) in [5.74, 6) is -11.5. The van der Waals surface area contributed by atoms with E-state index in [1.807, 2.05) is 13.8 Å². The van der Waals surface area contributed by atoms with Crippen molar-refractivity contribution in [2.24, 2.45) is 0 Å². The van der Waals surface area contributed by atoms with Gasteiger partial charge in [-0.2, -0.15) is 0 Å². The number of carbonyl (C=O) groups is 2. The Morgan fingerprint density at radius 2 is 1.38 bits per heavy atom. The standard InChI is InChI=1S/C16H11F5N2O4.C2H6/c17-10-9(11(18)13(20)14(21)12(10)19)6-27-16(25)22-5-7-1-3-8(4-2-7)15(24)23-26;1-2/h1-4,26H,5-6H2,(H,22,25)(H,23,24);1-2H3. The second kappa shape index (κ2) is 11.0. The van der Waals surface area contributed by atoms with E-state index < -0.39 is 53.3 Å². The van der Waals surface area contributed by atoms with E-state index in [0.29, 0.717) is 5.56 Å². The number of amides is 2. The number of hydroxylamine groups is 1. The molecule has 0 saturated carbocycles. The maximum absolute atomic E-state index is 13.5. The highest BCUT2D eigenvalue weighted by molar-refractivity contribution is 5.93. The fraction of sp³-hybridized carbons (Fsp3) is 0.222. The number of carbonyl (C=O) groups excluding carboxylic acids is 2. The molecule has 0 aliphatic rings. The summed E-state index contributed by atoms with van der Waals surface area (Å²) in [7, 11) is 0. The summed E-state index contributed by atoms with van der Waals surface area (Å²) in [5, 5.41) is 10.7. The van der Waals surface area contributed by atoms with Crippen LogP contribution in [0.4, 0.5) is 26.7 Å². The van der Waals surface area contributed by atoms with Crippen molar-refractivity contribution in [2.45, 2.75) is 27.0 Å². The Labute approximate surface area is 162 Å². The predicted molar refractivity (Wildman–Crippen MR) is 90.3 cm³/mol. The van der Waals surface area contributed by atoms with Crippen LogP contribution in [-0.4, -0.2) is 17.2 Å². The molecule has 0 fully saturated rings. The fourth-order valence-corrected chi connectivity index (χ4v) is 1.98. The maximum Gasteiger partial charge on any atom is 0.407 e. The lowest BCUT2D eigenvalue weighted by Crippen LogP contribution is -2.24. The Kier molecular flexibility index (Phi) is 9.00. The van der Waals surface area contributed by atoms with Crippen LogP contribution in [-0.2, 0) is 17.9 Å². The number of ether oxygens (including phenoxy) is 1. The average molecular weight is 420 g/mol. The third-order valence-electron chi connectivity index (χ3n) is 3.40. The van der Waals surface area contributed by atoms with Crippen LogP contribution >= 0.6 is 0 Å². The normalized spacial score (nSPS) is 9.93. The van der Waals surface area contributed by atoms with E-state index in [1.54, 1.807) is 0 Å². The molecule has 2 amide bonds. The molecule has 0 atom stereocenters. The third-order valence-corrected chi connectivity index (χ3v) is 3.40. The van der Waals surface area contributed by atoms with Gasteiger partial charge in [-0.05, 0) is 17.7 Å². The Morgan fingerprint density at radius 3 is 1.86 bits per heavy atom. The van der Waals surface area contributed by atoms with Gasteiger partial charge in [-0.1, -0.05) is 26.0 Å². The summed E-state index contributed by atoms with van der Waals surface area (Å²) in [6.07, 6.45) is -1.17. The molecule has 29 heavy (non-hydrogen) atoms. The minimum Gasteiger partial charge on any atom is -0.444 e. The molecule has 0 aliphatic heterocycles. The Hall–Kier alpha value is -3.21. The molecule has 0 bridgehead atoms. The van der Waals surface area contributed by atoms with Gasteiger partial charge in [0.25, 0.3) is 5.91 Å². The Morgan fingerprint density at radius 1 is 0.897 bits per heavy atom. The van der Waals surface area contributed by atoms with E-state index >= 15 is 0 Å². The first-order valence-electron chi connectivity index (χ1n) is 8.20. The molecule has 0 spiro atoms. The Bertz CT molecular complexity index is 847. The van der Waals surface area contributed by atoms with E-state index in [4.69, 9.17) is 5.21 Å². The Balaban J connectivity index is 0.00000204. The second-order valence-corrected chi connectivity index (χ2v) is 5.12. The van der Waals surface area contributed by atoms with E-state index in [0.717, 1.165) is 0 Å². The van der Waals surface area contributed by atoms with Crippen molar-refractivity contribution < 1.29 is 41.5 Å². The quantitative estimate of drug-likeness (QED) is 0.225. The van der Waals surface area contributed by atoms with Gasteiger partial charge >= 0.3 is 6.09 Å².